The number of rotatable bonds is 3. The van der Waals surface area contributed by atoms with E-state index in [0.29, 0.717) is 25.7 Å². The maximum absolute atomic E-state index is 14.8. The number of carbonyl (C=O) groups is 1. The molecule has 3 saturated carbocycles. The van der Waals surface area contributed by atoms with Crippen molar-refractivity contribution in [2.75, 3.05) is 0 Å². The number of hydrogen-bond acceptors (Lipinski definition) is 3. The van der Waals surface area contributed by atoms with Gasteiger partial charge >= 0.3 is 0 Å². The van der Waals surface area contributed by atoms with Crippen LogP contribution in [0.3, 0.4) is 0 Å². The van der Waals surface area contributed by atoms with Gasteiger partial charge in [-0.05, 0) is 44.2 Å². The molecule has 1 atom stereocenters. The lowest BCUT2D eigenvalue weighted by Gasteiger charge is -2.54. The molecule has 0 heterocycles. The Kier molecular flexibility index (Phi) is 4.01. The summed E-state index contributed by atoms with van der Waals surface area (Å²) < 4.78 is 29.2. The van der Waals surface area contributed by atoms with Crippen LogP contribution >= 0.6 is 11.6 Å². The molecule has 126 valence electrons. The van der Waals surface area contributed by atoms with Crippen LogP contribution in [0.25, 0.3) is 0 Å². The highest BCUT2D eigenvalue weighted by atomic mass is 35.5. The lowest BCUT2D eigenvalue weighted by Crippen LogP contribution is -2.61. The zero-order valence-electron chi connectivity index (χ0n) is 12.8. The van der Waals surface area contributed by atoms with Crippen LogP contribution in [0, 0.1) is 5.82 Å². The summed E-state index contributed by atoms with van der Waals surface area (Å²) in [5.74, 6) is -0.866. The molecular weight excluding hydrogens is 326 g/mol. The summed E-state index contributed by atoms with van der Waals surface area (Å²) in [5.41, 5.74) is 7.02. The lowest BCUT2D eigenvalue weighted by atomic mass is 9.54. The van der Waals surface area contributed by atoms with Crippen molar-refractivity contribution in [3.05, 3.63) is 28.5 Å². The van der Waals surface area contributed by atoms with Crippen molar-refractivity contribution in [1.82, 2.24) is 5.48 Å². The molecule has 0 spiro atoms. The highest BCUT2D eigenvalue weighted by Gasteiger charge is 2.55. The summed E-state index contributed by atoms with van der Waals surface area (Å²) >= 11 is 5.93. The fourth-order valence-corrected chi connectivity index (χ4v) is 4.01. The zero-order chi connectivity index (χ0) is 16.8. The summed E-state index contributed by atoms with van der Waals surface area (Å²) in [7, 11) is 0. The number of nitrogens with two attached hydrogens (primary N) is 1. The van der Waals surface area contributed by atoms with Gasteiger partial charge in [0, 0.05) is 23.4 Å². The van der Waals surface area contributed by atoms with Crippen molar-refractivity contribution in [2.24, 2.45) is 5.73 Å². The molecule has 7 heteroatoms. The highest BCUT2D eigenvalue weighted by Crippen LogP contribution is 2.56. The Morgan fingerprint density at radius 3 is 2.61 bits per heavy atom. The number of carbonyl (C=O) groups excluding carboxylic acids is 1. The number of fused-ring (bicyclic) bond motifs is 3. The number of hydrogen-bond donors (Lipinski definition) is 2. The first-order chi connectivity index (χ1) is 10.8. The van der Waals surface area contributed by atoms with Crippen molar-refractivity contribution < 1.29 is 18.4 Å². The van der Waals surface area contributed by atoms with Gasteiger partial charge in [0.05, 0.1) is 5.02 Å². The van der Waals surface area contributed by atoms with Gasteiger partial charge in [-0.1, -0.05) is 11.6 Å². The topological polar surface area (TPSA) is 64.3 Å². The third-order valence-electron chi connectivity index (χ3n) is 5.22. The van der Waals surface area contributed by atoms with E-state index in [2.05, 4.69) is 5.48 Å². The minimum absolute atomic E-state index is 0.0462. The summed E-state index contributed by atoms with van der Waals surface area (Å²) in [5, 5.41) is -0.0462. The van der Waals surface area contributed by atoms with Gasteiger partial charge in [-0.25, -0.2) is 8.78 Å². The molecule has 3 N–H and O–H groups in total. The Bertz CT molecular complexity index is 645. The summed E-state index contributed by atoms with van der Waals surface area (Å²) in [6.45, 7) is 1.28. The molecule has 3 aliphatic rings. The number of benzene rings is 1. The van der Waals surface area contributed by atoms with E-state index in [1.165, 1.54) is 19.1 Å². The molecule has 4 rings (SSSR count). The molecule has 23 heavy (non-hydrogen) atoms. The molecule has 1 unspecified atom stereocenters. The van der Waals surface area contributed by atoms with Gasteiger partial charge in [0.15, 0.2) is 5.75 Å². The average molecular weight is 345 g/mol. The van der Waals surface area contributed by atoms with Crippen molar-refractivity contribution in [2.45, 2.75) is 56.2 Å². The van der Waals surface area contributed by atoms with Crippen LogP contribution in [-0.4, -0.2) is 17.6 Å². The summed E-state index contributed by atoms with van der Waals surface area (Å²) in [6, 6.07) is 2.86. The molecule has 0 saturated heterocycles. The Labute approximate surface area is 138 Å². The number of halogens is 3. The first-order valence-electron chi connectivity index (χ1n) is 7.62. The lowest BCUT2D eigenvalue weighted by molar-refractivity contribution is -0.125. The van der Waals surface area contributed by atoms with Crippen LogP contribution in [0.4, 0.5) is 8.78 Å². The van der Waals surface area contributed by atoms with Gasteiger partial charge in [-0.2, -0.15) is 5.48 Å². The van der Waals surface area contributed by atoms with Crippen LogP contribution in [0.5, 0.6) is 5.75 Å². The van der Waals surface area contributed by atoms with Gasteiger partial charge in [0.1, 0.15) is 12.0 Å². The largest absolute Gasteiger partial charge is 0.379 e. The maximum atomic E-state index is 14.8. The van der Waals surface area contributed by atoms with Crippen LogP contribution < -0.4 is 16.1 Å². The molecule has 1 aromatic carbocycles. The number of amides is 1. The zero-order valence-corrected chi connectivity index (χ0v) is 13.6. The SMILES string of the molecule is CC(=O)NOc1ccc(Cl)c(F)c1C12CCC(N)(CC1)C(F)C2. The van der Waals surface area contributed by atoms with Crippen molar-refractivity contribution in [3.63, 3.8) is 0 Å². The van der Waals surface area contributed by atoms with E-state index >= 15 is 0 Å². The standard InChI is InChI=1S/C16H19ClF2N2O2/c1-9(22)21-23-11-3-2-10(17)14(19)13(11)15-4-6-16(20,7-5-15)12(18)8-15/h2-3,12H,4-8,20H2,1H3,(H,21,22). The Balaban J connectivity index is 2.04. The second-order valence-electron chi connectivity index (χ2n) is 6.68. The van der Waals surface area contributed by atoms with Crippen LogP contribution in [0.15, 0.2) is 12.1 Å². The smallest absolute Gasteiger partial charge is 0.249 e. The molecule has 2 bridgehead atoms. The van der Waals surface area contributed by atoms with Gasteiger partial charge in [-0.15, -0.1) is 0 Å². The minimum atomic E-state index is -1.20. The maximum Gasteiger partial charge on any atom is 0.249 e. The summed E-state index contributed by atoms with van der Waals surface area (Å²) in [6.07, 6.45) is 1.04. The second kappa shape index (κ2) is 5.60. The van der Waals surface area contributed by atoms with E-state index in [1.54, 1.807) is 0 Å². The predicted octanol–water partition coefficient (Wildman–Crippen LogP) is 3.16. The highest BCUT2D eigenvalue weighted by molar-refractivity contribution is 6.30. The van der Waals surface area contributed by atoms with E-state index < -0.39 is 28.8 Å². The molecule has 3 fully saturated rings. The average Bonchev–Trinajstić information content (AvgIpc) is 2.50. The third kappa shape index (κ3) is 2.68. The fraction of sp³-hybridized carbons (Fsp3) is 0.562. The fourth-order valence-electron chi connectivity index (χ4n) is 3.85. The molecule has 3 aliphatic carbocycles. The van der Waals surface area contributed by atoms with Crippen molar-refractivity contribution >= 4 is 17.5 Å². The number of hydroxylamine groups is 1. The van der Waals surface area contributed by atoms with Crippen molar-refractivity contribution in [3.8, 4) is 5.75 Å². The Morgan fingerprint density at radius 1 is 1.39 bits per heavy atom. The van der Waals surface area contributed by atoms with Gasteiger partial charge in [-0.3, -0.25) is 4.79 Å². The predicted molar refractivity (Wildman–Crippen MR) is 82.4 cm³/mol. The van der Waals surface area contributed by atoms with Gasteiger partial charge in [0.25, 0.3) is 0 Å². The molecule has 0 aliphatic heterocycles. The van der Waals surface area contributed by atoms with E-state index in [-0.39, 0.29) is 22.8 Å². The molecule has 1 aromatic rings. The molecule has 0 aromatic heterocycles. The summed E-state index contributed by atoms with van der Waals surface area (Å²) in [4.78, 5) is 16.3. The van der Waals surface area contributed by atoms with Gasteiger partial charge in [0.2, 0.25) is 5.91 Å². The second-order valence-corrected chi connectivity index (χ2v) is 7.09. The molecule has 4 nitrogen and oxygen atoms in total. The van der Waals surface area contributed by atoms with E-state index in [4.69, 9.17) is 22.2 Å². The molecular formula is C16H19ClF2N2O2. The van der Waals surface area contributed by atoms with E-state index in [0.717, 1.165) is 0 Å². The normalized spacial score (nSPS) is 32.7. The van der Waals surface area contributed by atoms with Crippen molar-refractivity contribution in [1.29, 1.82) is 0 Å². The first-order valence-corrected chi connectivity index (χ1v) is 8.00. The van der Waals surface area contributed by atoms with Crippen LogP contribution in [0.1, 0.15) is 44.6 Å². The molecule has 1 amide bonds. The first kappa shape index (κ1) is 16.5. The van der Waals surface area contributed by atoms with Crippen LogP contribution in [-0.2, 0) is 10.2 Å². The minimum Gasteiger partial charge on any atom is -0.379 e. The Hall–Kier alpha value is -1.40. The quantitative estimate of drug-likeness (QED) is 0.828. The third-order valence-corrected chi connectivity index (χ3v) is 5.52. The Morgan fingerprint density at radius 2 is 2.04 bits per heavy atom. The number of alkyl halides is 1. The van der Waals surface area contributed by atoms with Gasteiger partial charge < -0.3 is 10.6 Å². The van der Waals surface area contributed by atoms with Crippen LogP contribution in [0.2, 0.25) is 5.02 Å². The van der Waals surface area contributed by atoms with E-state index in [9.17, 15) is 13.6 Å². The number of nitrogens with one attached hydrogen (secondary N) is 1. The molecule has 0 radical (unpaired) electrons. The van der Waals surface area contributed by atoms with E-state index in [1.807, 2.05) is 0 Å². The monoisotopic (exact) mass is 344 g/mol.